The lowest BCUT2D eigenvalue weighted by molar-refractivity contribution is -0.140. The predicted octanol–water partition coefficient (Wildman–Crippen LogP) is 3.49. The molecule has 1 amide bonds. The third-order valence-electron chi connectivity index (χ3n) is 5.40. The molecule has 3 rings (SSSR count). The highest BCUT2D eigenvalue weighted by Gasteiger charge is 2.38. The Hall–Kier alpha value is -2.69. The van der Waals surface area contributed by atoms with E-state index in [1.54, 1.807) is 0 Å². The second kappa shape index (κ2) is 8.81. The number of rotatable bonds is 6. The number of H-pyrrole nitrogens is 1. The Bertz CT molecular complexity index is 1120. The van der Waals surface area contributed by atoms with Crippen LogP contribution in [0.25, 0.3) is 0 Å². The molecular weight excluding hydrogens is 435 g/mol. The molecule has 1 aliphatic rings. The molecule has 1 aliphatic carbocycles. The van der Waals surface area contributed by atoms with E-state index in [4.69, 9.17) is 0 Å². The normalized spacial score (nSPS) is 16.3. The van der Waals surface area contributed by atoms with Gasteiger partial charge in [0.15, 0.2) is 9.84 Å². The van der Waals surface area contributed by atoms with Crippen LogP contribution in [0.1, 0.15) is 49.1 Å². The molecule has 7 nitrogen and oxygen atoms in total. The largest absolute Gasteiger partial charge is 0.417 e. The molecule has 1 aromatic heterocycles. The minimum absolute atomic E-state index is 0.0699. The highest BCUT2D eigenvalue weighted by atomic mass is 32.2. The van der Waals surface area contributed by atoms with Crippen molar-refractivity contribution in [3.8, 4) is 0 Å². The second-order valence-corrected chi connectivity index (χ2v) is 9.73. The average Bonchev–Trinajstić information content (AvgIpc) is 3.17. The number of aromatic amines is 1. The fraction of sp³-hybridized carbons (Fsp3) is 0.450. The van der Waals surface area contributed by atoms with Crippen molar-refractivity contribution >= 4 is 21.6 Å². The van der Waals surface area contributed by atoms with Crippen molar-refractivity contribution in [2.45, 2.75) is 49.1 Å². The van der Waals surface area contributed by atoms with Crippen LogP contribution in [0, 0.1) is 5.92 Å². The van der Waals surface area contributed by atoms with Crippen LogP contribution in [-0.4, -0.2) is 30.5 Å². The molecule has 1 fully saturated rings. The molecular formula is C20H22F3N3O4S. The lowest BCUT2D eigenvalue weighted by Gasteiger charge is -2.22. The van der Waals surface area contributed by atoms with Crippen molar-refractivity contribution in [2.24, 2.45) is 5.92 Å². The zero-order valence-electron chi connectivity index (χ0n) is 16.7. The molecule has 2 aromatic rings. The van der Waals surface area contributed by atoms with E-state index in [9.17, 15) is 31.2 Å². The highest BCUT2D eigenvalue weighted by Crippen LogP contribution is 2.39. The molecule has 0 radical (unpaired) electrons. The number of carbonyl (C=O) groups excluding carboxylic acids is 1. The van der Waals surface area contributed by atoms with E-state index in [2.05, 4.69) is 15.3 Å². The van der Waals surface area contributed by atoms with Crippen molar-refractivity contribution in [3.05, 3.63) is 52.1 Å². The first-order chi connectivity index (χ1) is 14.4. The second-order valence-electron chi connectivity index (χ2n) is 7.74. The number of aromatic nitrogens is 2. The van der Waals surface area contributed by atoms with E-state index in [1.165, 1.54) is 18.3 Å². The SMILES string of the molecule is CS(=O)(=O)c1ccc(C(CC2CCCC2)C(=O)Nc2ccnc(=O)[nH]2)cc1C(F)(F)F. The van der Waals surface area contributed by atoms with Gasteiger partial charge in [0.05, 0.1) is 16.4 Å². The van der Waals surface area contributed by atoms with Crippen molar-refractivity contribution < 1.29 is 26.4 Å². The first-order valence-electron chi connectivity index (χ1n) is 9.72. The van der Waals surface area contributed by atoms with Gasteiger partial charge in [0, 0.05) is 12.5 Å². The standard InChI is InChI=1S/C20H22F3N3O4S/c1-31(29,30)16-7-6-13(11-15(16)20(21,22)23)14(10-12-4-2-3-5-12)18(27)25-17-8-9-24-19(28)26-17/h6-9,11-12,14H,2-5,10H2,1H3,(H2,24,25,26,27,28). The number of alkyl halides is 3. The number of halogens is 3. The van der Waals surface area contributed by atoms with Crippen molar-refractivity contribution in [2.75, 3.05) is 11.6 Å². The molecule has 168 valence electrons. The van der Waals surface area contributed by atoms with Gasteiger partial charge in [0.1, 0.15) is 5.82 Å². The average molecular weight is 457 g/mol. The van der Waals surface area contributed by atoms with E-state index < -0.39 is 44.0 Å². The van der Waals surface area contributed by atoms with Gasteiger partial charge in [-0.05, 0) is 36.1 Å². The minimum atomic E-state index is -4.90. The monoisotopic (exact) mass is 457 g/mol. The molecule has 1 saturated carbocycles. The van der Waals surface area contributed by atoms with E-state index in [0.29, 0.717) is 12.7 Å². The number of hydrogen-bond donors (Lipinski definition) is 2. The van der Waals surface area contributed by atoms with Crippen LogP contribution < -0.4 is 11.0 Å². The summed E-state index contributed by atoms with van der Waals surface area (Å²) in [6, 6.07) is 4.25. The molecule has 11 heteroatoms. The number of nitrogens with one attached hydrogen (secondary N) is 2. The maximum absolute atomic E-state index is 13.6. The zero-order chi connectivity index (χ0) is 22.8. The number of benzene rings is 1. The maximum atomic E-state index is 13.6. The van der Waals surface area contributed by atoms with Crippen LogP contribution in [0.2, 0.25) is 0 Å². The number of nitrogens with zero attached hydrogens (tertiary/aromatic N) is 1. The molecule has 1 aromatic carbocycles. The van der Waals surface area contributed by atoms with Gasteiger partial charge in [0.2, 0.25) is 5.91 Å². The quantitative estimate of drug-likeness (QED) is 0.690. The van der Waals surface area contributed by atoms with Gasteiger partial charge in [-0.1, -0.05) is 31.7 Å². The summed E-state index contributed by atoms with van der Waals surface area (Å²) in [6.45, 7) is 0. The smallest absolute Gasteiger partial charge is 0.312 e. The van der Waals surface area contributed by atoms with Gasteiger partial charge in [0.25, 0.3) is 0 Å². The fourth-order valence-corrected chi connectivity index (χ4v) is 4.83. The summed E-state index contributed by atoms with van der Waals surface area (Å²) in [6.07, 6.45) is 1.01. The Morgan fingerprint density at radius 3 is 2.52 bits per heavy atom. The van der Waals surface area contributed by atoms with Gasteiger partial charge in [-0.2, -0.15) is 13.2 Å². The lowest BCUT2D eigenvalue weighted by Crippen LogP contribution is -2.25. The topological polar surface area (TPSA) is 109 Å². The van der Waals surface area contributed by atoms with Gasteiger partial charge >= 0.3 is 11.9 Å². The summed E-state index contributed by atoms with van der Waals surface area (Å²) in [5.74, 6) is -1.30. The molecule has 0 bridgehead atoms. The minimum Gasteiger partial charge on any atom is -0.312 e. The Morgan fingerprint density at radius 2 is 1.94 bits per heavy atom. The number of carbonyl (C=O) groups is 1. The van der Waals surface area contributed by atoms with Crippen LogP contribution in [0.5, 0.6) is 0 Å². The van der Waals surface area contributed by atoms with E-state index >= 15 is 0 Å². The Morgan fingerprint density at radius 1 is 1.26 bits per heavy atom. The first kappa shape index (κ1) is 23.0. The summed E-state index contributed by atoms with van der Waals surface area (Å²) < 4.78 is 64.5. The summed E-state index contributed by atoms with van der Waals surface area (Å²) in [5, 5.41) is 2.52. The zero-order valence-corrected chi connectivity index (χ0v) is 17.5. The molecule has 2 N–H and O–H groups in total. The van der Waals surface area contributed by atoms with Crippen molar-refractivity contribution in [1.29, 1.82) is 0 Å². The molecule has 31 heavy (non-hydrogen) atoms. The third-order valence-corrected chi connectivity index (χ3v) is 6.56. The van der Waals surface area contributed by atoms with Gasteiger partial charge < -0.3 is 5.32 Å². The fourth-order valence-electron chi connectivity index (χ4n) is 3.94. The molecule has 1 atom stereocenters. The summed E-state index contributed by atoms with van der Waals surface area (Å²) in [7, 11) is -4.12. The van der Waals surface area contributed by atoms with Crippen LogP contribution >= 0.6 is 0 Å². The third kappa shape index (κ3) is 5.72. The number of anilines is 1. The summed E-state index contributed by atoms with van der Waals surface area (Å²) in [4.78, 5) is 29.4. The van der Waals surface area contributed by atoms with Gasteiger partial charge in [-0.25, -0.2) is 18.2 Å². The van der Waals surface area contributed by atoms with Crippen molar-refractivity contribution in [1.82, 2.24) is 9.97 Å². The predicted molar refractivity (Wildman–Crippen MR) is 107 cm³/mol. The van der Waals surface area contributed by atoms with Crippen molar-refractivity contribution in [3.63, 3.8) is 0 Å². The number of sulfone groups is 1. The van der Waals surface area contributed by atoms with Crippen LogP contribution in [-0.2, 0) is 20.8 Å². The van der Waals surface area contributed by atoms with Gasteiger partial charge in [-0.3, -0.25) is 9.78 Å². The Labute approximate surface area is 177 Å². The van der Waals surface area contributed by atoms with Crippen LogP contribution in [0.4, 0.5) is 19.0 Å². The number of amides is 1. The maximum Gasteiger partial charge on any atom is 0.417 e. The summed E-state index contributed by atoms with van der Waals surface area (Å²) in [5.41, 5.74) is -1.91. The Kier molecular flexibility index (Phi) is 6.54. The summed E-state index contributed by atoms with van der Waals surface area (Å²) >= 11 is 0. The molecule has 0 saturated heterocycles. The van der Waals surface area contributed by atoms with Gasteiger partial charge in [-0.15, -0.1) is 0 Å². The molecule has 0 aliphatic heterocycles. The first-order valence-corrected chi connectivity index (χ1v) is 11.6. The lowest BCUT2D eigenvalue weighted by atomic mass is 9.86. The molecule has 1 heterocycles. The highest BCUT2D eigenvalue weighted by molar-refractivity contribution is 7.90. The molecule has 0 spiro atoms. The molecule has 1 unspecified atom stereocenters. The van der Waals surface area contributed by atoms with E-state index in [0.717, 1.165) is 37.8 Å². The van der Waals surface area contributed by atoms with E-state index in [1.807, 2.05) is 0 Å². The van der Waals surface area contributed by atoms with Crippen LogP contribution in [0.15, 0.2) is 40.2 Å². The van der Waals surface area contributed by atoms with Crippen LogP contribution in [0.3, 0.4) is 0 Å². The van der Waals surface area contributed by atoms with E-state index in [-0.39, 0.29) is 17.3 Å². The number of hydrogen-bond acceptors (Lipinski definition) is 5. The Balaban J connectivity index is 2.02.